The number of rotatable bonds is 10. The van der Waals surface area contributed by atoms with Gasteiger partial charge in [0.2, 0.25) is 0 Å². The van der Waals surface area contributed by atoms with Crippen molar-refractivity contribution in [1.82, 2.24) is 0 Å². The Morgan fingerprint density at radius 1 is 0.618 bits per heavy atom. The number of alkyl halides is 1. The molecule has 0 heterocycles. The van der Waals surface area contributed by atoms with Crippen molar-refractivity contribution in [3.8, 4) is 0 Å². The number of allylic oxidation sites excluding steroid dienone is 3. The molecule has 0 amide bonds. The smallest absolute Gasteiger partial charge is 0.0842 e. The van der Waals surface area contributed by atoms with Crippen LogP contribution in [0.5, 0.6) is 0 Å². The van der Waals surface area contributed by atoms with Crippen molar-refractivity contribution in [2.75, 3.05) is 0 Å². The molecule has 174 valence electrons. The molecule has 0 saturated heterocycles. The highest BCUT2D eigenvalue weighted by molar-refractivity contribution is 14.1. The van der Waals surface area contributed by atoms with E-state index in [2.05, 4.69) is 140 Å². The van der Waals surface area contributed by atoms with Gasteiger partial charge in [-0.25, -0.2) is 0 Å². The van der Waals surface area contributed by atoms with Gasteiger partial charge in [0, 0.05) is 11.1 Å². The van der Waals surface area contributed by atoms with Crippen LogP contribution in [0, 0.1) is 0 Å². The minimum absolute atomic E-state index is 0.673. The van der Waals surface area contributed by atoms with Crippen LogP contribution in [-0.4, -0.2) is 0 Å². The first-order valence-corrected chi connectivity index (χ1v) is 14.3. The Kier molecular flexibility index (Phi) is 10.0. The third-order valence-corrected chi connectivity index (χ3v) is 10.0. The van der Waals surface area contributed by atoms with Crippen LogP contribution >= 0.6 is 30.4 Å². The maximum atomic E-state index is 14.2. The van der Waals surface area contributed by atoms with Gasteiger partial charge in [-0.2, -0.15) is 0 Å². The molecule has 0 aliphatic carbocycles. The Labute approximate surface area is 219 Å². The SMILES string of the molecule is CCC=Cc1ccc([P+](=O)C(I)(c2ccc(C=CCC)cc2)c2ccc(C=CCC)cc2)cc1. The number of halogens is 1. The maximum absolute atomic E-state index is 14.2. The second-order valence-electron chi connectivity index (χ2n) is 8.18. The molecule has 0 aliphatic heterocycles. The highest BCUT2D eigenvalue weighted by Crippen LogP contribution is 2.56. The molecule has 0 N–H and O–H groups in total. The van der Waals surface area contributed by atoms with E-state index in [4.69, 9.17) is 0 Å². The lowest BCUT2D eigenvalue weighted by Crippen LogP contribution is -2.19. The molecule has 34 heavy (non-hydrogen) atoms. The zero-order valence-corrected chi connectivity index (χ0v) is 23.3. The number of benzene rings is 3. The van der Waals surface area contributed by atoms with Crippen molar-refractivity contribution in [1.29, 1.82) is 0 Å². The van der Waals surface area contributed by atoms with E-state index in [1.165, 1.54) is 0 Å². The van der Waals surface area contributed by atoms with Crippen molar-refractivity contribution < 1.29 is 4.57 Å². The molecule has 0 saturated carbocycles. The summed E-state index contributed by atoms with van der Waals surface area (Å²) in [7, 11) is -1.76. The first kappa shape index (κ1) is 26.3. The summed E-state index contributed by atoms with van der Waals surface area (Å²) in [4.78, 5) is 0. The molecule has 3 rings (SSSR count). The van der Waals surface area contributed by atoms with Crippen LogP contribution in [0.4, 0.5) is 0 Å². The Balaban J connectivity index is 2.05. The average Bonchev–Trinajstić information content (AvgIpc) is 2.89. The molecule has 0 radical (unpaired) electrons. The van der Waals surface area contributed by atoms with Crippen LogP contribution in [-0.2, 0) is 7.73 Å². The highest BCUT2D eigenvalue weighted by Gasteiger charge is 2.51. The summed E-state index contributed by atoms with van der Waals surface area (Å²) in [5, 5.41) is 0.864. The lowest BCUT2D eigenvalue weighted by molar-refractivity contribution is 0.588. The summed E-state index contributed by atoms with van der Waals surface area (Å²) >= 11 is 2.41. The normalized spacial score (nSPS) is 14.2. The molecule has 3 aromatic rings. The molecule has 1 atom stereocenters. The first-order chi connectivity index (χ1) is 16.5. The Bertz CT molecular complexity index is 1100. The summed E-state index contributed by atoms with van der Waals surface area (Å²) in [6, 6.07) is 25.1. The number of hydrogen-bond donors (Lipinski definition) is 0. The molecular weight excluding hydrogens is 546 g/mol. The standard InChI is InChI=1S/C31H33IOP/c1-4-7-10-25-13-19-28(20-14-25)31(32,29-21-15-26(16-22-29)11-8-5-2)34(33)30-23-17-27(18-24-30)12-9-6-3/h7-24H,4-6H2,1-3H3/q+1. The van der Waals surface area contributed by atoms with E-state index in [0.29, 0.717) is 0 Å². The second-order valence-corrected chi connectivity index (χ2v) is 12.4. The van der Waals surface area contributed by atoms with Gasteiger partial charge in [0.25, 0.3) is 3.16 Å². The molecule has 0 fully saturated rings. The van der Waals surface area contributed by atoms with Crippen LogP contribution < -0.4 is 5.30 Å². The largest absolute Gasteiger partial charge is 0.403 e. The van der Waals surface area contributed by atoms with Crippen molar-refractivity contribution >= 4 is 53.9 Å². The predicted octanol–water partition coefficient (Wildman–Crippen LogP) is 9.75. The zero-order valence-electron chi connectivity index (χ0n) is 20.2. The Morgan fingerprint density at radius 2 is 0.941 bits per heavy atom. The predicted molar refractivity (Wildman–Crippen MR) is 159 cm³/mol. The Hall–Kier alpha value is -2.29. The quantitative estimate of drug-likeness (QED) is 0.133. The van der Waals surface area contributed by atoms with E-state index in [0.717, 1.165) is 52.4 Å². The average molecular weight is 579 g/mol. The monoisotopic (exact) mass is 579 g/mol. The van der Waals surface area contributed by atoms with Gasteiger partial charge >= 0.3 is 7.80 Å². The number of hydrogen-bond acceptors (Lipinski definition) is 1. The van der Waals surface area contributed by atoms with Crippen LogP contribution in [0.2, 0.25) is 0 Å². The third kappa shape index (κ3) is 6.43. The lowest BCUT2D eigenvalue weighted by atomic mass is 10.0. The summed E-state index contributed by atoms with van der Waals surface area (Å²) in [6.07, 6.45) is 15.8. The van der Waals surface area contributed by atoms with Gasteiger partial charge in [0.15, 0.2) is 5.30 Å². The maximum Gasteiger partial charge on any atom is 0.403 e. The first-order valence-electron chi connectivity index (χ1n) is 12.0. The molecule has 1 nitrogen and oxygen atoms in total. The van der Waals surface area contributed by atoms with Crippen LogP contribution in [0.1, 0.15) is 67.9 Å². The lowest BCUT2D eigenvalue weighted by Gasteiger charge is -2.19. The molecular formula is C31H33IOP+. The van der Waals surface area contributed by atoms with Gasteiger partial charge in [0.1, 0.15) is 0 Å². The molecule has 3 heteroatoms. The Morgan fingerprint density at radius 3 is 1.26 bits per heavy atom. The third-order valence-electron chi connectivity index (χ3n) is 5.63. The van der Waals surface area contributed by atoms with E-state index in [-0.39, 0.29) is 0 Å². The van der Waals surface area contributed by atoms with Crippen LogP contribution in [0.25, 0.3) is 18.2 Å². The minimum atomic E-state index is -1.76. The summed E-state index contributed by atoms with van der Waals surface area (Å²) in [5.41, 5.74) is 5.55. The van der Waals surface area contributed by atoms with E-state index in [1.807, 2.05) is 12.1 Å². The molecule has 0 spiro atoms. The van der Waals surface area contributed by atoms with E-state index in [9.17, 15) is 4.57 Å². The van der Waals surface area contributed by atoms with Crippen LogP contribution in [0.3, 0.4) is 0 Å². The van der Waals surface area contributed by atoms with Crippen molar-refractivity contribution in [2.24, 2.45) is 0 Å². The molecule has 0 aliphatic rings. The molecule has 3 aromatic carbocycles. The van der Waals surface area contributed by atoms with Gasteiger partial charge in [-0.05, 0) is 70.7 Å². The fraction of sp³-hybridized carbons (Fsp3) is 0.226. The second kappa shape index (κ2) is 13.0. The van der Waals surface area contributed by atoms with E-state index < -0.39 is 11.0 Å². The molecule has 1 unspecified atom stereocenters. The van der Waals surface area contributed by atoms with Crippen molar-refractivity contribution in [3.63, 3.8) is 0 Å². The van der Waals surface area contributed by atoms with Gasteiger partial charge in [0.05, 0.1) is 0 Å². The van der Waals surface area contributed by atoms with E-state index in [1.54, 1.807) is 0 Å². The molecule has 0 bridgehead atoms. The summed E-state index contributed by atoms with van der Waals surface area (Å²) in [6.45, 7) is 6.39. The van der Waals surface area contributed by atoms with Crippen molar-refractivity contribution in [3.05, 3.63) is 119 Å². The van der Waals surface area contributed by atoms with Gasteiger partial charge in [-0.1, -0.05) is 122 Å². The fourth-order valence-corrected chi connectivity index (χ4v) is 6.79. The minimum Gasteiger partial charge on any atom is -0.0842 e. The zero-order chi connectivity index (χ0) is 24.4. The van der Waals surface area contributed by atoms with Gasteiger partial charge < -0.3 is 0 Å². The summed E-state index contributed by atoms with van der Waals surface area (Å²) in [5.74, 6) is 0. The van der Waals surface area contributed by atoms with Crippen molar-refractivity contribution in [2.45, 2.75) is 43.2 Å². The highest BCUT2D eigenvalue weighted by atomic mass is 127. The topological polar surface area (TPSA) is 17.1 Å². The van der Waals surface area contributed by atoms with E-state index >= 15 is 0 Å². The summed E-state index contributed by atoms with van der Waals surface area (Å²) < 4.78 is 13.5. The van der Waals surface area contributed by atoms with Gasteiger partial charge in [-0.3, -0.25) is 0 Å². The van der Waals surface area contributed by atoms with Crippen LogP contribution in [0.15, 0.2) is 91.0 Å². The van der Waals surface area contributed by atoms with Gasteiger partial charge in [-0.15, -0.1) is 0 Å². The fourth-order valence-electron chi connectivity index (χ4n) is 3.69. The molecule has 0 aromatic heterocycles.